The minimum Gasteiger partial charge on any atom is -0.392 e. The Morgan fingerprint density at radius 2 is 1.82 bits per heavy atom. The number of carbonyl (C=O) groups excluding carboxylic acids is 1. The number of nitrogens with one attached hydrogen (secondary N) is 1. The van der Waals surface area contributed by atoms with Crippen LogP contribution in [0, 0.1) is 5.41 Å². The summed E-state index contributed by atoms with van der Waals surface area (Å²) in [5.41, 5.74) is -1.07. The highest BCUT2D eigenvalue weighted by molar-refractivity contribution is 5.84. The molecule has 1 saturated heterocycles. The molecular weight excluding hydrogens is 437 g/mol. The highest BCUT2D eigenvalue weighted by Crippen LogP contribution is 2.43. The molecule has 2 heterocycles. The highest BCUT2D eigenvalue weighted by Gasteiger charge is 2.48. The van der Waals surface area contributed by atoms with Crippen molar-refractivity contribution in [1.82, 2.24) is 10.2 Å². The Balaban J connectivity index is 1.47. The predicted octanol–water partition coefficient (Wildman–Crippen LogP) is 3.16. The molecular formula is C24H33F3N2O4. The van der Waals surface area contributed by atoms with Gasteiger partial charge < -0.3 is 25.2 Å². The molecule has 184 valence electrons. The average Bonchev–Trinajstić information content (AvgIpc) is 2.78. The largest absolute Gasteiger partial charge is 0.416 e. The summed E-state index contributed by atoms with van der Waals surface area (Å²) in [6, 6.07) is 3.93. The van der Waals surface area contributed by atoms with Gasteiger partial charge in [0.2, 0.25) is 5.91 Å². The molecule has 6 nitrogen and oxygen atoms in total. The van der Waals surface area contributed by atoms with Crippen molar-refractivity contribution >= 4 is 5.91 Å². The zero-order valence-corrected chi connectivity index (χ0v) is 18.9. The first-order valence-corrected chi connectivity index (χ1v) is 11.8. The Bertz CT molecular complexity index is 847. The predicted molar refractivity (Wildman–Crippen MR) is 115 cm³/mol. The number of β-amino-alcohol motifs (C(OH)–C–C–N with tert-alkyl or cyclic N) is 1. The number of aliphatic hydroxyl groups excluding tert-OH is 2. The average molecular weight is 471 g/mol. The van der Waals surface area contributed by atoms with Crippen molar-refractivity contribution < 1.29 is 32.9 Å². The molecule has 3 N–H and O–H groups in total. The minimum absolute atomic E-state index is 0.00658. The van der Waals surface area contributed by atoms with E-state index in [1.807, 2.05) is 0 Å². The fourth-order valence-electron chi connectivity index (χ4n) is 5.60. The quantitative estimate of drug-likeness (QED) is 0.630. The van der Waals surface area contributed by atoms with Crippen molar-refractivity contribution in [3.05, 3.63) is 34.9 Å². The number of aliphatic hydroxyl groups is 2. The molecule has 4 rings (SSSR count). The van der Waals surface area contributed by atoms with Crippen molar-refractivity contribution in [2.24, 2.45) is 5.41 Å². The van der Waals surface area contributed by atoms with Crippen molar-refractivity contribution in [1.29, 1.82) is 0 Å². The Morgan fingerprint density at radius 3 is 2.42 bits per heavy atom. The lowest BCUT2D eigenvalue weighted by molar-refractivity contribution is -0.155. The summed E-state index contributed by atoms with van der Waals surface area (Å²) in [6.45, 7) is 3.10. The van der Waals surface area contributed by atoms with Gasteiger partial charge in [0.1, 0.15) is 0 Å². The summed E-state index contributed by atoms with van der Waals surface area (Å²) in [7, 11) is 0. The van der Waals surface area contributed by atoms with Crippen LogP contribution in [-0.4, -0.2) is 59.0 Å². The van der Waals surface area contributed by atoms with Crippen LogP contribution in [0.1, 0.15) is 68.2 Å². The Kier molecular flexibility index (Phi) is 7.05. The van der Waals surface area contributed by atoms with Gasteiger partial charge in [-0.05, 0) is 68.7 Å². The van der Waals surface area contributed by atoms with Gasteiger partial charge in [0.05, 0.1) is 29.7 Å². The Hall–Kier alpha value is -1.68. The number of amides is 1. The summed E-state index contributed by atoms with van der Waals surface area (Å²) >= 11 is 0. The number of alkyl halides is 3. The maximum Gasteiger partial charge on any atom is 0.416 e. The third-order valence-corrected chi connectivity index (χ3v) is 7.67. The maximum atomic E-state index is 13.6. The zero-order valence-electron chi connectivity index (χ0n) is 18.9. The van der Waals surface area contributed by atoms with Crippen molar-refractivity contribution in [3.63, 3.8) is 0 Å². The van der Waals surface area contributed by atoms with E-state index >= 15 is 0 Å². The van der Waals surface area contributed by atoms with Crippen LogP contribution in [0.4, 0.5) is 13.2 Å². The normalized spacial score (nSPS) is 30.1. The summed E-state index contributed by atoms with van der Waals surface area (Å²) in [4.78, 5) is 15.1. The number of hydrogen-bond acceptors (Lipinski definition) is 5. The Labute approximate surface area is 192 Å². The molecule has 1 aromatic rings. The summed E-state index contributed by atoms with van der Waals surface area (Å²) in [5, 5.41) is 24.9. The van der Waals surface area contributed by atoms with E-state index in [0.29, 0.717) is 30.0 Å². The molecule has 0 radical (unpaired) electrons. The number of nitrogens with zero attached hydrogens (tertiary/aromatic N) is 1. The van der Waals surface area contributed by atoms with Crippen LogP contribution < -0.4 is 5.32 Å². The molecule has 33 heavy (non-hydrogen) atoms. The maximum absolute atomic E-state index is 13.6. The topological polar surface area (TPSA) is 82.0 Å². The van der Waals surface area contributed by atoms with E-state index in [9.17, 15) is 28.2 Å². The molecule has 3 aliphatic rings. The van der Waals surface area contributed by atoms with Gasteiger partial charge in [-0.15, -0.1) is 0 Å². The van der Waals surface area contributed by atoms with Crippen LogP contribution in [0.25, 0.3) is 0 Å². The second kappa shape index (κ2) is 9.52. The summed E-state index contributed by atoms with van der Waals surface area (Å²) in [5.74, 6) is -0.288. The number of fused-ring (bicyclic) bond motifs is 1. The summed E-state index contributed by atoms with van der Waals surface area (Å²) < 4.78 is 45.0. The van der Waals surface area contributed by atoms with Gasteiger partial charge in [0.15, 0.2) is 0 Å². The van der Waals surface area contributed by atoms with Gasteiger partial charge >= 0.3 is 6.18 Å². The first-order chi connectivity index (χ1) is 15.6. The number of rotatable bonds is 4. The van der Waals surface area contributed by atoms with Crippen LogP contribution in [0.3, 0.4) is 0 Å². The second-order valence-corrected chi connectivity index (χ2v) is 9.77. The highest BCUT2D eigenvalue weighted by atomic mass is 19.4. The molecule has 1 amide bonds. The fourth-order valence-corrected chi connectivity index (χ4v) is 5.60. The molecule has 9 heteroatoms. The van der Waals surface area contributed by atoms with E-state index in [2.05, 4.69) is 5.32 Å². The summed E-state index contributed by atoms with van der Waals surface area (Å²) in [6.07, 6.45) is -2.07. The van der Waals surface area contributed by atoms with E-state index in [-0.39, 0.29) is 25.0 Å². The van der Waals surface area contributed by atoms with Crippen LogP contribution in [0.2, 0.25) is 0 Å². The molecule has 0 spiro atoms. The number of benzene rings is 1. The lowest BCUT2D eigenvalue weighted by Crippen LogP contribution is -2.55. The molecule has 1 aromatic carbocycles. The monoisotopic (exact) mass is 470 g/mol. The van der Waals surface area contributed by atoms with E-state index in [0.717, 1.165) is 51.0 Å². The molecule has 2 unspecified atom stereocenters. The van der Waals surface area contributed by atoms with Crippen LogP contribution in [0.5, 0.6) is 0 Å². The molecule has 0 aromatic heterocycles. The minimum atomic E-state index is -4.50. The number of halogens is 3. The molecule has 0 bridgehead atoms. The first-order valence-electron chi connectivity index (χ1n) is 11.8. The second-order valence-electron chi connectivity index (χ2n) is 9.77. The van der Waals surface area contributed by atoms with Crippen LogP contribution in [0.15, 0.2) is 18.2 Å². The van der Waals surface area contributed by atoms with E-state index in [1.54, 1.807) is 6.92 Å². The molecule has 1 saturated carbocycles. The van der Waals surface area contributed by atoms with Crippen molar-refractivity contribution in [2.45, 2.75) is 82.5 Å². The fraction of sp³-hybridized carbons (Fsp3) is 0.708. The molecule has 2 aliphatic heterocycles. The lowest BCUT2D eigenvalue weighted by atomic mass is 9.68. The van der Waals surface area contributed by atoms with Gasteiger partial charge in [-0.25, -0.2) is 0 Å². The number of ether oxygens (including phenoxy) is 1. The number of carbonyl (C=O) groups is 1. The third kappa shape index (κ3) is 5.06. The van der Waals surface area contributed by atoms with E-state index in [4.69, 9.17) is 4.74 Å². The third-order valence-electron chi connectivity index (χ3n) is 7.67. The standard InChI is InChI=1S/C24H33F3N2O4/c1-15(30)23(8-4-18(5-9-23)28-19-6-10-33-11-7-19)22(32)29-13-16-12-17(24(25,26)27)2-3-20(16)21(31)14-29/h2-3,12,15,18-19,21,28,30-31H,4-11,13-14H2,1H3. The first kappa shape index (κ1) is 24.4. The van der Waals surface area contributed by atoms with Crippen molar-refractivity contribution in [3.8, 4) is 0 Å². The smallest absolute Gasteiger partial charge is 0.392 e. The molecule has 2 atom stereocenters. The van der Waals surface area contributed by atoms with E-state index < -0.39 is 29.4 Å². The lowest BCUT2D eigenvalue weighted by Gasteiger charge is -2.46. The molecule has 1 aliphatic carbocycles. The number of hydrogen-bond donors (Lipinski definition) is 3. The SMILES string of the molecule is CC(O)C1(C(=O)N2Cc3cc(C(F)(F)F)ccc3C(O)C2)CCC(NC2CCOCC2)CC1. The molecule has 2 fully saturated rings. The van der Waals surface area contributed by atoms with Gasteiger partial charge in [-0.2, -0.15) is 13.2 Å². The van der Waals surface area contributed by atoms with Crippen LogP contribution >= 0.6 is 0 Å². The van der Waals surface area contributed by atoms with E-state index in [1.165, 1.54) is 11.0 Å². The van der Waals surface area contributed by atoms with Gasteiger partial charge in [-0.1, -0.05) is 6.07 Å². The van der Waals surface area contributed by atoms with Gasteiger partial charge in [0, 0.05) is 31.8 Å². The van der Waals surface area contributed by atoms with Gasteiger partial charge in [0.25, 0.3) is 0 Å². The van der Waals surface area contributed by atoms with Gasteiger partial charge in [-0.3, -0.25) is 4.79 Å². The van der Waals surface area contributed by atoms with Crippen molar-refractivity contribution in [2.75, 3.05) is 19.8 Å². The zero-order chi connectivity index (χ0) is 23.8. The van der Waals surface area contributed by atoms with Crippen LogP contribution in [-0.2, 0) is 22.3 Å². The Morgan fingerprint density at radius 1 is 1.18 bits per heavy atom.